The zero-order valence-electron chi connectivity index (χ0n) is 28.7. The van der Waals surface area contributed by atoms with Crippen molar-refractivity contribution in [2.75, 3.05) is 13.2 Å². The van der Waals surface area contributed by atoms with Gasteiger partial charge in [-0.15, -0.1) is 0 Å². The minimum Gasteiger partial charge on any atom is -0.463 e. The summed E-state index contributed by atoms with van der Waals surface area (Å²) >= 11 is 0. The fraction of sp³-hybridized carbons (Fsp3) is 0.744. The minimum atomic E-state index is -0.972. The van der Waals surface area contributed by atoms with Crippen LogP contribution in [0, 0.1) is 0 Å². The summed E-state index contributed by atoms with van der Waals surface area (Å²) in [7, 11) is 0. The lowest BCUT2D eigenvalue weighted by Crippen LogP contribution is -2.25. The Morgan fingerprint density at radius 3 is 1.32 bits per heavy atom. The molecule has 0 aromatic rings. The maximum absolute atomic E-state index is 11.9. The molecule has 0 saturated heterocycles. The number of carbonyl (C=O) groups excluding carboxylic acids is 2. The Morgan fingerprint density at radius 1 is 0.500 bits per heavy atom. The summed E-state index contributed by atoms with van der Waals surface area (Å²) in [5, 5.41) is 9.98. The highest BCUT2D eigenvalue weighted by Crippen LogP contribution is 2.12. The van der Waals surface area contributed by atoms with E-state index in [9.17, 15) is 14.7 Å². The molecule has 0 radical (unpaired) electrons. The van der Waals surface area contributed by atoms with Crippen LogP contribution in [0.5, 0.6) is 0 Å². The lowest BCUT2D eigenvalue weighted by molar-refractivity contribution is -0.152. The highest BCUT2D eigenvalue weighted by molar-refractivity contribution is 5.69. The number of esters is 2. The Balaban J connectivity index is 3.48. The lowest BCUT2D eigenvalue weighted by atomic mass is 10.1. The third kappa shape index (κ3) is 34.4. The fourth-order valence-electron chi connectivity index (χ4n) is 4.80. The van der Waals surface area contributed by atoms with E-state index < -0.39 is 6.10 Å². The van der Waals surface area contributed by atoms with Crippen LogP contribution in [0.25, 0.3) is 0 Å². The molecule has 5 heteroatoms. The number of hydrogen-bond donors (Lipinski definition) is 1. The monoisotopic (exact) mass is 617 g/mol. The van der Waals surface area contributed by atoms with Gasteiger partial charge in [0.1, 0.15) is 19.3 Å². The standard InChI is InChI=1S/C39H68O5/c1-3-5-7-9-11-13-15-17-19-21-23-25-27-29-31-33-38(41)43-35-37(40)36-44-39(42)34-32-30-28-26-24-22-20-18-16-14-12-10-8-6-4-2/h5,7,11,13-14,16-17,19,37,40H,3-4,6,8-10,12,15,18,20-36H2,1-2H3/b7-5-,13-11-,16-14-,19-17-/t37-/m0/s1. The third-order valence-corrected chi connectivity index (χ3v) is 7.55. The van der Waals surface area contributed by atoms with Crippen LogP contribution in [0.4, 0.5) is 0 Å². The van der Waals surface area contributed by atoms with Crippen molar-refractivity contribution in [2.45, 2.75) is 174 Å². The van der Waals surface area contributed by atoms with Crippen molar-refractivity contribution in [3.05, 3.63) is 48.6 Å². The van der Waals surface area contributed by atoms with Crippen molar-refractivity contribution in [3.8, 4) is 0 Å². The summed E-state index contributed by atoms with van der Waals surface area (Å²) < 4.78 is 10.3. The van der Waals surface area contributed by atoms with E-state index in [0.717, 1.165) is 64.2 Å². The Bertz CT molecular complexity index is 752. The topological polar surface area (TPSA) is 72.8 Å². The molecule has 0 saturated carbocycles. The Kier molecular flexibility index (Phi) is 33.6. The summed E-state index contributed by atoms with van der Waals surface area (Å²) in [6.07, 6.45) is 43.0. The van der Waals surface area contributed by atoms with Gasteiger partial charge in [0.25, 0.3) is 0 Å². The molecule has 0 spiro atoms. The van der Waals surface area contributed by atoms with Crippen molar-refractivity contribution >= 4 is 11.9 Å². The molecule has 1 N–H and O–H groups in total. The van der Waals surface area contributed by atoms with Crippen molar-refractivity contribution in [1.82, 2.24) is 0 Å². The Labute approximate surface area is 271 Å². The van der Waals surface area contributed by atoms with E-state index >= 15 is 0 Å². The van der Waals surface area contributed by atoms with Crippen LogP contribution < -0.4 is 0 Å². The van der Waals surface area contributed by atoms with Crippen LogP contribution in [-0.4, -0.2) is 36.4 Å². The van der Waals surface area contributed by atoms with Gasteiger partial charge in [0.05, 0.1) is 0 Å². The molecule has 0 amide bonds. The molecule has 0 aromatic heterocycles. The number of carbonyl (C=O) groups is 2. The van der Waals surface area contributed by atoms with E-state index in [1.807, 2.05) is 0 Å². The molecule has 0 rings (SSSR count). The van der Waals surface area contributed by atoms with E-state index in [2.05, 4.69) is 62.5 Å². The average Bonchev–Trinajstić information content (AvgIpc) is 3.02. The maximum Gasteiger partial charge on any atom is 0.305 e. The predicted molar refractivity (Wildman–Crippen MR) is 187 cm³/mol. The van der Waals surface area contributed by atoms with Crippen LogP contribution in [0.1, 0.15) is 168 Å². The van der Waals surface area contributed by atoms with Crippen LogP contribution >= 0.6 is 0 Å². The van der Waals surface area contributed by atoms with Crippen LogP contribution in [0.15, 0.2) is 48.6 Å². The molecule has 0 aliphatic rings. The normalized spacial score (nSPS) is 12.7. The molecule has 0 heterocycles. The molecule has 0 unspecified atom stereocenters. The first-order valence-corrected chi connectivity index (χ1v) is 18.2. The molecule has 0 aromatic carbocycles. The third-order valence-electron chi connectivity index (χ3n) is 7.55. The number of hydrogen-bond acceptors (Lipinski definition) is 5. The smallest absolute Gasteiger partial charge is 0.305 e. The van der Waals surface area contributed by atoms with E-state index in [1.165, 1.54) is 77.0 Å². The first-order chi connectivity index (χ1) is 21.6. The predicted octanol–water partition coefficient (Wildman–Crippen LogP) is 11.1. The molecular weight excluding hydrogens is 548 g/mol. The highest BCUT2D eigenvalue weighted by Gasteiger charge is 2.12. The van der Waals surface area contributed by atoms with E-state index in [-0.39, 0.29) is 25.2 Å². The van der Waals surface area contributed by atoms with Gasteiger partial charge in [0.2, 0.25) is 0 Å². The second-order valence-electron chi connectivity index (χ2n) is 12.0. The number of aliphatic hydroxyl groups is 1. The van der Waals surface area contributed by atoms with Gasteiger partial charge in [0.15, 0.2) is 0 Å². The van der Waals surface area contributed by atoms with Crippen LogP contribution in [0.2, 0.25) is 0 Å². The Morgan fingerprint density at radius 2 is 0.864 bits per heavy atom. The van der Waals surface area contributed by atoms with Gasteiger partial charge in [-0.2, -0.15) is 0 Å². The van der Waals surface area contributed by atoms with Gasteiger partial charge in [-0.25, -0.2) is 0 Å². The molecule has 1 atom stereocenters. The summed E-state index contributed by atoms with van der Waals surface area (Å²) in [4.78, 5) is 23.9. The summed E-state index contributed by atoms with van der Waals surface area (Å²) in [5.74, 6) is -0.592. The molecular formula is C39H68O5. The fourth-order valence-corrected chi connectivity index (χ4v) is 4.80. The van der Waals surface area contributed by atoms with E-state index in [0.29, 0.717) is 12.8 Å². The summed E-state index contributed by atoms with van der Waals surface area (Å²) in [6.45, 7) is 4.15. The zero-order valence-corrected chi connectivity index (χ0v) is 28.7. The van der Waals surface area contributed by atoms with Gasteiger partial charge in [-0.05, 0) is 70.6 Å². The average molecular weight is 617 g/mol. The van der Waals surface area contributed by atoms with Gasteiger partial charge >= 0.3 is 11.9 Å². The number of allylic oxidation sites excluding steroid dienone is 8. The quantitative estimate of drug-likeness (QED) is 0.0462. The highest BCUT2D eigenvalue weighted by atomic mass is 16.6. The summed E-state index contributed by atoms with van der Waals surface area (Å²) in [5.41, 5.74) is 0. The van der Waals surface area contributed by atoms with Crippen LogP contribution in [0.3, 0.4) is 0 Å². The van der Waals surface area contributed by atoms with Gasteiger partial charge in [0, 0.05) is 12.8 Å². The largest absolute Gasteiger partial charge is 0.463 e. The van der Waals surface area contributed by atoms with E-state index in [1.54, 1.807) is 0 Å². The first-order valence-electron chi connectivity index (χ1n) is 18.2. The van der Waals surface area contributed by atoms with Crippen molar-refractivity contribution < 1.29 is 24.2 Å². The number of aliphatic hydroxyl groups excluding tert-OH is 1. The van der Waals surface area contributed by atoms with Gasteiger partial charge < -0.3 is 14.6 Å². The van der Waals surface area contributed by atoms with Crippen molar-refractivity contribution in [3.63, 3.8) is 0 Å². The maximum atomic E-state index is 11.9. The minimum absolute atomic E-state index is 0.125. The molecule has 254 valence electrons. The van der Waals surface area contributed by atoms with Crippen LogP contribution in [-0.2, 0) is 19.1 Å². The lowest BCUT2D eigenvalue weighted by Gasteiger charge is -2.12. The number of ether oxygens (including phenoxy) is 2. The SMILES string of the molecule is CC/C=C\C/C=C\C/C=C\CCCCCCCC(=O)OC[C@H](O)COC(=O)CCCCCCCCC/C=C\CCCCCC. The molecule has 0 aliphatic carbocycles. The van der Waals surface area contributed by atoms with Gasteiger partial charge in [-0.3, -0.25) is 9.59 Å². The Hall–Kier alpha value is -2.14. The van der Waals surface area contributed by atoms with E-state index in [4.69, 9.17) is 9.47 Å². The second-order valence-corrected chi connectivity index (χ2v) is 12.0. The van der Waals surface area contributed by atoms with Crippen molar-refractivity contribution in [1.29, 1.82) is 0 Å². The molecule has 0 fully saturated rings. The number of rotatable bonds is 32. The molecule has 0 bridgehead atoms. The van der Waals surface area contributed by atoms with Crippen molar-refractivity contribution in [2.24, 2.45) is 0 Å². The first kappa shape index (κ1) is 41.9. The number of unbranched alkanes of at least 4 members (excludes halogenated alkanes) is 16. The van der Waals surface area contributed by atoms with Gasteiger partial charge in [-0.1, -0.05) is 133 Å². The molecule has 5 nitrogen and oxygen atoms in total. The molecule has 44 heavy (non-hydrogen) atoms. The zero-order chi connectivity index (χ0) is 32.2. The summed E-state index contributed by atoms with van der Waals surface area (Å²) in [6, 6.07) is 0. The molecule has 0 aliphatic heterocycles. The second kappa shape index (κ2) is 35.3.